The summed E-state index contributed by atoms with van der Waals surface area (Å²) in [6.07, 6.45) is 6.92. The molecule has 4 aliphatic rings. The van der Waals surface area contributed by atoms with Crippen molar-refractivity contribution in [2.24, 2.45) is 23.7 Å². The van der Waals surface area contributed by atoms with Crippen LogP contribution in [-0.4, -0.2) is 10.2 Å². The van der Waals surface area contributed by atoms with Gasteiger partial charge in [0.1, 0.15) is 11.5 Å². The molecule has 0 unspecified atom stereocenters. The number of phenols is 2. The standard InChI is InChI=1S/C20H22O2/c21-17-2-1-13-9-18(19(22)10-14(13)8-17)20-15-4-11-3-12(6-15)7-16(20)5-11/h1-2,8-12,15-16,20-22H,3-7H2. The van der Waals surface area contributed by atoms with Crippen molar-refractivity contribution in [3.63, 3.8) is 0 Å². The summed E-state index contributed by atoms with van der Waals surface area (Å²) in [5.74, 6) is 4.70. The summed E-state index contributed by atoms with van der Waals surface area (Å²) in [5.41, 5.74) is 1.16. The Morgan fingerprint density at radius 2 is 1.41 bits per heavy atom. The van der Waals surface area contributed by atoms with E-state index in [-0.39, 0.29) is 5.75 Å². The van der Waals surface area contributed by atoms with Gasteiger partial charge in [0.05, 0.1) is 0 Å². The van der Waals surface area contributed by atoms with Crippen molar-refractivity contribution < 1.29 is 10.2 Å². The summed E-state index contributed by atoms with van der Waals surface area (Å²) in [6, 6.07) is 9.45. The predicted molar refractivity (Wildman–Crippen MR) is 87.1 cm³/mol. The van der Waals surface area contributed by atoms with Crippen LogP contribution < -0.4 is 0 Å². The first-order valence-corrected chi connectivity index (χ1v) is 8.63. The second-order valence-electron chi connectivity index (χ2n) is 7.90. The molecule has 4 aliphatic carbocycles. The molecular formula is C20H22O2. The van der Waals surface area contributed by atoms with E-state index in [0.29, 0.717) is 11.7 Å². The molecule has 0 radical (unpaired) electrons. The average Bonchev–Trinajstić information content (AvgIpc) is 2.46. The zero-order valence-corrected chi connectivity index (χ0v) is 12.7. The SMILES string of the molecule is Oc1ccc2cc(C3C4CC5CC(C4)CC3C5)c(O)cc2c1. The fraction of sp³-hybridized carbons (Fsp3) is 0.500. The van der Waals surface area contributed by atoms with E-state index >= 15 is 0 Å². The van der Waals surface area contributed by atoms with Gasteiger partial charge in [0, 0.05) is 0 Å². The topological polar surface area (TPSA) is 40.5 Å². The fourth-order valence-corrected chi connectivity index (χ4v) is 5.99. The van der Waals surface area contributed by atoms with Crippen LogP contribution in [0.4, 0.5) is 0 Å². The summed E-state index contributed by atoms with van der Waals surface area (Å²) < 4.78 is 0. The Morgan fingerprint density at radius 1 is 0.727 bits per heavy atom. The Bertz CT molecular complexity index is 721. The third-order valence-corrected chi connectivity index (χ3v) is 6.56. The monoisotopic (exact) mass is 294 g/mol. The van der Waals surface area contributed by atoms with Gasteiger partial charge in [-0.15, -0.1) is 0 Å². The minimum absolute atomic E-state index is 0.259. The second kappa shape index (κ2) is 4.41. The summed E-state index contributed by atoms with van der Waals surface area (Å²) in [6.45, 7) is 0. The zero-order chi connectivity index (χ0) is 14.8. The Labute approximate surface area is 130 Å². The van der Waals surface area contributed by atoms with Crippen LogP contribution in [0.2, 0.25) is 0 Å². The van der Waals surface area contributed by atoms with Crippen molar-refractivity contribution in [3.05, 3.63) is 35.9 Å². The first-order chi connectivity index (χ1) is 10.7. The summed E-state index contributed by atoms with van der Waals surface area (Å²) in [5, 5.41) is 22.3. The molecule has 0 atom stereocenters. The highest BCUT2D eigenvalue weighted by Gasteiger charge is 2.49. The predicted octanol–water partition coefficient (Wildman–Crippen LogP) is 4.79. The molecule has 0 amide bonds. The van der Waals surface area contributed by atoms with Crippen molar-refractivity contribution in [1.82, 2.24) is 0 Å². The minimum atomic E-state index is 0.259. The molecule has 4 bridgehead atoms. The van der Waals surface area contributed by atoms with E-state index < -0.39 is 0 Å². The average molecular weight is 294 g/mol. The number of hydrogen-bond donors (Lipinski definition) is 2. The lowest BCUT2D eigenvalue weighted by Gasteiger charge is -2.54. The Kier molecular flexibility index (Phi) is 2.56. The Morgan fingerprint density at radius 3 is 2.09 bits per heavy atom. The number of benzene rings is 2. The molecule has 6 rings (SSSR count). The maximum absolute atomic E-state index is 10.6. The van der Waals surface area contributed by atoms with Crippen LogP contribution in [0.15, 0.2) is 30.3 Å². The lowest BCUT2D eigenvalue weighted by molar-refractivity contribution is -0.00342. The van der Waals surface area contributed by atoms with Crippen LogP contribution in [0.5, 0.6) is 11.5 Å². The molecule has 4 fully saturated rings. The third-order valence-electron chi connectivity index (χ3n) is 6.56. The van der Waals surface area contributed by atoms with Gasteiger partial charge in [-0.05, 0) is 102 Å². The normalized spacial score (nSPS) is 36.1. The molecule has 114 valence electrons. The van der Waals surface area contributed by atoms with E-state index in [0.717, 1.165) is 40.0 Å². The van der Waals surface area contributed by atoms with Gasteiger partial charge in [0.15, 0.2) is 0 Å². The first-order valence-electron chi connectivity index (χ1n) is 8.63. The molecule has 2 nitrogen and oxygen atoms in total. The first kappa shape index (κ1) is 12.8. The van der Waals surface area contributed by atoms with Crippen molar-refractivity contribution in [2.75, 3.05) is 0 Å². The third kappa shape index (κ3) is 1.79. The van der Waals surface area contributed by atoms with Gasteiger partial charge in [-0.3, -0.25) is 0 Å². The second-order valence-corrected chi connectivity index (χ2v) is 7.90. The molecule has 2 aromatic carbocycles. The lowest BCUT2D eigenvalue weighted by atomic mass is 9.50. The molecule has 2 N–H and O–H groups in total. The van der Waals surface area contributed by atoms with Crippen LogP contribution in [0.3, 0.4) is 0 Å². The van der Waals surface area contributed by atoms with Crippen LogP contribution in [-0.2, 0) is 0 Å². The van der Waals surface area contributed by atoms with Gasteiger partial charge in [-0.25, -0.2) is 0 Å². The van der Waals surface area contributed by atoms with Gasteiger partial charge in [0.25, 0.3) is 0 Å². The smallest absolute Gasteiger partial charge is 0.119 e. The Balaban J connectivity index is 1.61. The molecule has 0 heterocycles. The lowest BCUT2D eigenvalue weighted by Crippen LogP contribution is -2.43. The molecule has 0 aliphatic heterocycles. The van der Waals surface area contributed by atoms with E-state index in [2.05, 4.69) is 6.07 Å². The van der Waals surface area contributed by atoms with Crippen LogP contribution in [0.1, 0.15) is 43.6 Å². The summed E-state index contributed by atoms with van der Waals surface area (Å²) in [7, 11) is 0. The molecule has 22 heavy (non-hydrogen) atoms. The van der Waals surface area contributed by atoms with Crippen LogP contribution in [0.25, 0.3) is 10.8 Å². The number of rotatable bonds is 1. The largest absolute Gasteiger partial charge is 0.508 e. The zero-order valence-electron chi connectivity index (χ0n) is 12.7. The van der Waals surface area contributed by atoms with E-state index in [1.54, 1.807) is 12.1 Å². The quantitative estimate of drug-likeness (QED) is 0.794. The van der Waals surface area contributed by atoms with Crippen molar-refractivity contribution in [2.45, 2.75) is 38.0 Å². The van der Waals surface area contributed by atoms with Gasteiger partial charge < -0.3 is 10.2 Å². The van der Waals surface area contributed by atoms with Crippen molar-refractivity contribution in [3.8, 4) is 11.5 Å². The van der Waals surface area contributed by atoms with E-state index in [4.69, 9.17) is 0 Å². The highest BCUT2D eigenvalue weighted by molar-refractivity contribution is 5.86. The van der Waals surface area contributed by atoms with Gasteiger partial charge >= 0.3 is 0 Å². The maximum Gasteiger partial charge on any atom is 0.119 e. The molecule has 0 aromatic heterocycles. The molecule has 2 heteroatoms. The molecule has 2 aromatic rings. The summed E-state index contributed by atoms with van der Waals surface area (Å²) in [4.78, 5) is 0. The van der Waals surface area contributed by atoms with Gasteiger partial charge in [-0.2, -0.15) is 0 Å². The van der Waals surface area contributed by atoms with Crippen molar-refractivity contribution in [1.29, 1.82) is 0 Å². The number of phenolic OH excluding ortho intramolecular Hbond substituents is 2. The molecule has 0 saturated heterocycles. The molecule has 0 spiro atoms. The van der Waals surface area contributed by atoms with Gasteiger partial charge in [0.2, 0.25) is 0 Å². The maximum atomic E-state index is 10.6. The van der Waals surface area contributed by atoms with Gasteiger partial charge in [-0.1, -0.05) is 6.07 Å². The molecule has 4 saturated carbocycles. The van der Waals surface area contributed by atoms with Crippen LogP contribution in [0, 0.1) is 23.7 Å². The van der Waals surface area contributed by atoms with Crippen LogP contribution >= 0.6 is 0 Å². The van der Waals surface area contributed by atoms with E-state index in [9.17, 15) is 10.2 Å². The number of fused-ring (bicyclic) bond motifs is 1. The minimum Gasteiger partial charge on any atom is -0.508 e. The Hall–Kier alpha value is -1.70. The van der Waals surface area contributed by atoms with E-state index in [1.807, 2.05) is 12.1 Å². The summed E-state index contributed by atoms with van der Waals surface area (Å²) >= 11 is 0. The highest BCUT2D eigenvalue weighted by atomic mass is 16.3. The highest BCUT2D eigenvalue weighted by Crippen LogP contribution is 2.60. The fourth-order valence-electron chi connectivity index (χ4n) is 5.99. The van der Waals surface area contributed by atoms with Crippen molar-refractivity contribution >= 4 is 10.8 Å². The molecular weight excluding hydrogens is 272 g/mol. The number of aromatic hydroxyl groups is 2. The van der Waals surface area contributed by atoms with E-state index in [1.165, 1.54) is 32.1 Å². The number of hydrogen-bond acceptors (Lipinski definition) is 2.